The van der Waals surface area contributed by atoms with E-state index in [9.17, 15) is 50.7 Å². The Labute approximate surface area is 623 Å². The smallest absolute Gasteiger partial charge is 0.310 e. The first-order chi connectivity index (χ1) is 50.2. The van der Waals surface area contributed by atoms with E-state index in [1.165, 1.54) is 0 Å². The molecule has 27 heteroatoms. The second-order valence-corrected chi connectivity index (χ2v) is 36.2. The molecular weight excluding hydrogens is 1420 g/mol. The fourth-order valence-corrected chi connectivity index (χ4v) is 19.1. The Kier molecular flexibility index (Phi) is 24.0. The Morgan fingerprint density at radius 3 is 1.46 bits per heavy atom. The summed E-state index contributed by atoms with van der Waals surface area (Å²) in [6.07, 6.45) is 22.4. The van der Waals surface area contributed by atoms with Gasteiger partial charge in [0, 0.05) is 97.2 Å². The zero-order valence-corrected chi connectivity index (χ0v) is 64.1. The van der Waals surface area contributed by atoms with Crippen molar-refractivity contribution in [1.29, 1.82) is 0 Å². The summed E-state index contributed by atoms with van der Waals surface area (Å²) in [7, 11) is -3.70. The van der Waals surface area contributed by atoms with Crippen LogP contribution in [0.2, 0.25) is 0 Å². The van der Waals surface area contributed by atoms with Crippen molar-refractivity contribution in [3.05, 3.63) is 93.6 Å². The highest BCUT2D eigenvalue weighted by atomic mass is 32.2. The van der Waals surface area contributed by atoms with Gasteiger partial charge < -0.3 is 33.9 Å². The minimum Gasteiger partial charge on any atom is -0.497 e. The molecule has 3 amide bonds. The number of benzene rings is 2. The van der Waals surface area contributed by atoms with Gasteiger partial charge in [-0.15, -0.1) is 22.7 Å². The van der Waals surface area contributed by atoms with Crippen molar-refractivity contribution in [2.24, 2.45) is 39.6 Å². The number of thiazole rings is 2. The number of aromatic nitrogens is 4. The molecule has 105 heavy (non-hydrogen) atoms. The Hall–Kier alpha value is -7.72. The number of nitrogens with one attached hydrogen (secondary N) is 1. The van der Waals surface area contributed by atoms with E-state index in [1.807, 2.05) is 71.4 Å². The second-order valence-electron chi connectivity index (χ2n) is 30.6. The van der Waals surface area contributed by atoms with Crippen LogP contribution in [0.3, 0.4) is 0 Å². The number of amides is 3. The number of rotatable bonds is 17. The number of nitrogens with zero attached hydrogens (tertiary/aromatic N) is 6. The van der Waals surface area contributed by atoms with E-state index in [1.54, 1.807) is 46.7 Å². The third kappa shape index (κ3) is 18.8. The van der Waals surface area contributed by atoms with Crippen LogP contribution in [0, 0.1) is 34.5 Å². The molecule has 4 saturated carbocycles. The van der Waals surface area contributed by atoms with Crippen molar-refractivity contribution >= 4 is 99.8 Å². The highest BCUT2D eigenvalue weighted by Crippen LogP contribution is 2.58. The number of aliphatic carboxylic acids is 1. The van der Waals surface area contributed by atoms with E-state index in [0.29, 0.717) is 102 Å². The minimum atomic E-state index is -3.79. The van der Waals surface area contributed by atoms with Gasteiger partial charge in [-0.25, -0.2) is 41.9 Å². The topological polar surface area (TPSA) is 324 Å². The maximum absolute atomic E-state index is 14.3. The van der Waals surface area contributed by atoms with Crippen molar-refractivity contribution < 1.29 is 69.7 Å². The van der Waals surface area contributed by atoms with Crippen LogP contribution in [0.25, 0.3) is 44.6 Å². The Morgan fingerprint density at radius 1 is 0.600 bits per heavy atom. The van der Waals surface area contributed by atoms with Gasteiger partial charge in [-0.1, -0.05) is 77.7 Å². The molecule has 0 bridgehead atoms. The van der Waals surface area contributed by atoms with Gasteiger partial charge in [0.15, 0.2) is 11.6 Å². The number of sulfonamides is 2. The molecule has 4 aromatic heterocycles. The van der Waals surface area contributed by atoms with Crippen LogP contribution in [0.5, 0.6) is 23.0 Å². The van der Waals surface area contributed by atoms with Gasteiger partial charge in [-0.05, 0) is 125 Å². The molecule has 2 aromatic carbocycles. The zero-order valence-electron chi connectivity index (χ0n) is 60.8. The van der Waals surface area contributed by atoms with Crippen molar-refractivity contribution in [3.63, 3.8) is 0 Å². The summed E-state index contributed by atoms with van der Waals surface area (Å²) in [5.41, 5.74) is 1.99. The molecule has 0 unspecified atom stereocenters. The summed E-state index contributed by atoms with van der Waals surface area (Å²) < 4.78 is 72.6. The standard InChI is InChI=1S/C39H48N4O7S2.C36H43N3O6S.C3H7NO2S/c1-24(2)16-36-41-32(23-51-36)31-19-35(29-15-12-26(49-3)17-30(29)40-31)50-27-18-33-34(44)21-39(38(46)42-52(47,48)28-13-14-28)20-25(39)10-8-6-4-5-7-9-11-37(45)43(33)22-27;1-22(2)14-33-38-29(21-46-33)28-17-32(26-13-12-24(44-3)15-27(26)37-28)45-25-16-30-31(40)19-36(35(42)43)18-23(36)10-8-6-4-5-7-9-11-34(41)39(30)20-25;4-7(5,6)3-1-2-3/h8,10,12,15,17,19,23-25,27-28,33H,4-7,9,11,13-14,16,18,20-22H2,1-3H3,(H,42,46);8,10,12-13,15,17,21-23,25,30H,4-7,9,11,14,16,18-20H2,1-3H3,(H,42,43);3H,1-2H2,(H2,4,5,6)/b2*10-8-;/t25-,27-,33+,39-;23-,25-,30+,36-;/m11./s1. The summed E-state index contributed by atoms with van der Waals surface area (Å²) >= 11 is 3.21. The summed E-state index contributed by atoms with van der Waals surface area (Å²) in [6, 6.07) is 13.5. The van der Waals surface area contributed by atoms with Gasteiger partial charge in [-0.2, -0.15) is 0 Å². The fourth-order valence-electron chi connectivity index (χ4n) is 14.9. The van der Waals surface area contributed by atoms with E-state index >= 15 is 0 Å². The third-order valence-electron chi connectivity index (χ3n) is 21.3. The van der Waals surface area contributed by atoms with E-state index in [4.69, 9.17) is 44.0 Å². The lowest BCUT2D eigenvalue weighted by molar-refractivity contribution is -0.147. The molecule has 6 aromatic rings. The van der Waals surface area contributed by atoms with Gasteiger partial charge in [0.2, 0.25) is 37.8 Å². The number of nitrogens with two attached hydrogens (primary N) is 1. The quantitative estimate of drug-likeness (QED) is 0.0714. The first kappa shape index (κ1) is 76.9. The highest BCUT2D eigenvalue weighted by molar-refractivity contribution is 7.91. The summed E-state index contributed by atoms with van der Waals surface area (Å²) in [6.45, 7) is 9.14. The number of ether oxygens (including phenoxy) is 4. The number of carboxylic acid groups (broad SMARTS) is 1. The number of Topliss-reactive ketones (excluding diaryl/α,β-unsaturated/α-hetero) is 2. The predicted molar refractivity (Wildman–Crippen MR) is 403 cm³/mol. The van der Waals surface area contributed by atoms with Crippen LogP contribution in [0.1, 0.15) is 179 Å². The summed E-state index contributed by atoms with van der Waals surface area (Å²) in [5.74, 6) is 0.900. The number of carboxylic acids is 1. The molecule has 564 valence electrons. The number of carbonyl (C=O) groups excluding carboxylic acids is 5. The maximum Gasteiger partial charge on any atom is 0.310 e. The number of primary sulfonamides is 1. The Bertz CT molecular complexity index is 4530. The van der Waals surface area contributed by atoms with Crippen LogP contribution >= 0.6 is 22.7 Å². The third-order valence-corrected chi connectivity index (χ3v) is 26.3. The fraction of sp³-hybridized carbons (Fsp3) is 0.564. The van der Waals surface area contributed by atoms with Crippen molar-refractivity contribution in [3.8, 4) is 45.8 Å². The number of methoxy groups -OCH3 is 2. The maximum atomic E-state index is 14.3. The predicted octanol–water partition coefficient (Wildman–Crippen LogP) is 12.7. The number of hydrogen-bond acceptors (Lipinski definition) is 20. The lowest BCUT2D eigenvalue weighted by atomic mass is 9.91. The van der Waals surface area contributed by atoms with Crippen LogP contribution in [0.15, 0.2) is 83.6 Å². The van der Waals surface area contributed by atoms with E-state index in [2.05, 4.69) is 44.6 Å². The molecule has 6 fully saturated rings. The molecule has 2 saturated heterocycles. The molecule has 4 N–H and O–H groups in total. The normalized spacial score (nSPS) is 26.0. The van der Waals surface area contributed by atoms with Gasteiger partial charge in [-0.3, -0.25) is 33.5 Å². The molecule has 8 aliphatic rings. The number of ketones is 2. The van der Waals surface area contributed by atoms with Gasteiger partial charge in [0.25, 0.3) is 0 Å². The molecule has 0 radical (unpaired) electrons. The largest absolute Gasteiger partial charge is 0.497 e. The number of carbonyl (C=O) groups is 6. The monoisotopic (exact) mass is 1510 g/mol. The first-order valence-corrected chi connectivity index (χ1v) is 42.1. The molecule has 14 rings (SSSR count). The molecule has 23 nitrogen and oxygen atoms in total. The van der Waals surface area contributed by atoms with E-state index in [0.717, 1.165) is 122 Å². The molecule has 4 aliphatic heterocycles. The highest BCUT2D eigenvalue weighted by Gasteiger charge is 2.63. The Morgan fingerprint density at radius 2 is 1.04 bits per heavy atom. The lowest BCUT2D eigenvalue weighted by Gasteiger charge is -2.25. The molecule has 4 aliphatic carbocycles. The second kappa shape index (κ2) is 32.8. The van der Waals surface area contributed by atoms with Gasteiger partial charge in [0.05, 0.1) is 105 Å². The van der Waals surface area contributed by atoms with Crippen molar-refractivity contribution in [2.45, 2.75) is 217 Å². The zero-order chi connectivity index (χ0) is 74.5. The van der Waals surface area contributed by atoms with Crippen LogP contribution in [-0.4, -0.2) is 149 Å². The lowest BCUT2D eigenvalue weighted by Crippen LogP contribution is -2.44. The van der Waals surface area contributed by atoms with Crippen molar-refractivity contribution in [2.75, 3.05) is 27.3 Å². The summed E-state index contributed by atoms with van der Waals surface area (Å²) in [4.78, 5) is 104. The molecule has 8 atom stereocenters. The number of allylic oxidation sites excluding steroid dienone is 4. The van der Waals surface area contributed by atoms with Crippen LogP contribution < -0.4 is 28.8 Å². The SMILES string of the molecule is COc1ccc2c(O[C@@H]3C[C@H]4C(=O)C[C@]5(C(=O)NS(=O)(=O)C6CC6)C[C@H]5/C=C\CCCCCCC(=O)N4C3)cc(-c3csc(CC(C)C)n3)nc2c1.COc1ccc2c(O[C@@H]3C[C@H]4C(=O)C[C@]5(C(=O)O)C[C@H]5/C=C\CCCCCCC(=O)N4C3)cc(-c3csc(CC(C)C)n3)nc2c1.NS(=O)(=O)C1CC1. The van der Waals surface area contributed by atoms with Crippen molar-refractivity contribution in [1.82, 2.24) is 34.5 Å². The first-order valence-electron chi connectivity index (χ1n) is 37.2. The summed E-state index contributed by atoms with van der Waals surface area (Å²) in [5, 5.41) is 21.7. The van der Waals surface area contributed by atoms with Crippen LogP contribution in [-0.2, 0) is 61.7 Å². The number of pyridine rings is 2. The average molecular weight is 1520 g/mol. The van der Waals surface area contributed by atoms with E-state index < -0.39 is 72.3 Å². The molecule has 0 spiro atoms. The number of fused-ring (bicyclic) bond motifs is 6. The van der Waals surface area contributed by atoms with Gasteiger partial charge >= 0.3 is 5.97 Å². The van der Waals surface area contributed by atoms with Gasteiger partial charge in [0.1, 0.15) is 35.2 Å². The van der Waals surface area contributed by atoms with E-state index in [-0.39, 0.29) is 72.8 Å². The molecular formula is C78H98N8O15S4. The number of hydrogen-bond donors (Lipinski definition) is 3. The van der Waals surface area contributed by atoms with Crippen LogP contribution in [0.4, 0.5) is 0 Å². The average Bonchev–Trinajstić information content (AvgIpc) is 1.62. The minimum absolute atomic E-state index is 0.0701. The Balaban J connectivity index is 0.000000181. The molecule has 8 heterocycles.